The Bertz CT molecular complexity index is 957. The standard InChI is InChI=1S/C28H38O5/c1-17-14-23-21-8-7-19-15-20(30)10-12-26(19,3)22(21)11-13-27(23,4)28(17,5)24(31)16-33-25(32)9-6-18(2)29/h11,15,17,21,23H,6-10,12-14,16H2,1-5H3/t17-,21?,23?,26+,27+,28-/m1/s1. The molecule has 4 aliphatic rings. The molecule has 0 spiro atoms. The van der Waals surface area contributed by atoms with Crippen LogP contribution in [0.25, 0.3) is 0 Å². The lowest BCUT2D eigenvalue weighted by Crippen LogP contribution is -2.51. The fourth-order valence-electron chi connectivity index (χ4n) is 7.67. The second-order valence-electron chi connectivity index (χ2n) is 11.6. The highest BCUT2D eigenvalue weighted by Gasteiger charge is 2.65. The van der Waals surface area contributed by atoms with Gasteiger partial charge in [-0.05, 0) is 68.3 Å². The van der Waals surface area contributed by atoms with Crippen LogP contribution >= 0.6 is 0 Å². The molecule has 5 heteroatoms. The van der Waals surface area contributed by atoms with E-state index in [9.17, 15) is 19.2 Å². The first-order valence-corrected chi connectivity index (χ1v) is 12.6. The molecule has 0 aromatic carbocycles. The second kappa shape index (κ2) is 8.32. The maximum atomic E-state index is 13.6. The summed E-state index contributed by atoms with van der Waals surface area (Å²) in [5, 5.41) is 0. The highest BCUT2D eigenvalue weighted by molar-refractivity contribution is 5.92. The molecule has 2 saturated carbocycles. The third-order valence-electron chi connectivity index (χ3n) is 10.1. The van der Waals surface area contributed by atoms with Crippen LogP contribution in [0.1, 0.15) is 86.0 Å². The van der Waals surface area contributed by atoms with Gasteiger partial charge >= 0.3 is 5.97 Å². The Morgan fingerprint density at radius 1 is 1.12 bits per heavy atom. The molecule has 4 rings (SSSR count). The lowest BCUT2D eigenvalue weighted by molar-refractivity contribution is -0.155. The Balaban J connectivity index is 1.57. The fraction of sp³-hybridized carbons (Fsp3) is 0.714. The molecule has 2 fully saturated rings. The molecule has 5 nitrogen and oxygen atoms in total. The number of rotatable bonds is 6. The maximum Gasteiger partial charge on any atom is 0.306 e. The van der Waals surface area contributed by atoms with Gasteiger partial charge in [-0.3, -0.25) is 14.4 Å². The summed E-state index contributed by atoms with van der Waals surface area (Å²) in [6, 6.07) is 0. The number of fused-ring (bicyclic) bond motifs is 5. The average Bonchev–Trinajstić information content (AvgIpc) is 2.98. The number of allylic oxidation sites excluding steroid dienone is 4. The first-order chi connectivity index (χ1) is 15.4. The van der Waals surface area contributed by atoms with Crippen LogP contribution in [0.5, 0.6) is 0 Å². The molecule has 0 aromatic heterocycles. The first-order valence-electron chi connectivity index (χ1n) is 12.6. The summed E-state index contributed by atoms with van der Waals surface area (Å²) in [5.41, 5.74) is 2.02. The van der Waals surface area contributed by atoms with E-state index in [4.69, 9.17) is 4.74 Å². The number of hydrogen-bond donors (Lipinski definition) is 0. The van der Waals surface area contributed by atoms with Crippen molar-refractivity contribution in [1.29, 1.82) is 0 Å². The molecule has 2 unspecified atom stereocenters. The maximum absolute atomic E-state index is 13.6. The number of esters is 1. The second-order valence-corrected chi connectivity index (χ2v) is 11.6. The molecule has 0 aliphatic heterocycles. The van der Waals surface area contributed by atoms with Gasteiger partial charge in [0.15, 0.2) is 18.2 Å². The topological polar surface area (TPSA) is 77.5 Å². The summed E-state index contributed by atoms with van der Waals surface area (Å²) in [4.78, 5) is 48.8. The quantitative estimate of drug-likeness (QED) is 0.409. The fourth-order valence-corrected chi connectivity index (χ4v) is 7.67. The molecule has 0 heterocycles. The highest BCUT2D eigenvalue weighted by atomic mass is 16.5. The third kappa shape index (κ3) is 3.66. The SMILES string of the molecule is CC(=O)CCC(=O)OCC(=O)[C@@]1(C)[C@H](C)CC2C3CCC4=CC(=O)CC[C@]4(C)C3=CC[C@@]21C. The number of carbonyl (C=O) groups is 4. The first kappa shape index (κ1) is 24.1. The summed E-state index contributed by atoms with van der Waals surface area (Å²) >= 11 is 0. The van der Waals surface area contributed by atoms with E-state index in [0.717, 1.165) is 32.1 Å². The van der Waals surface area contributed by atoms with Crippen LogP contribution < -0.4 is 0 Å². The van der Waals surface area contributed by atoms with Crippen LogP contribution in [0.2, 0.25) is 0 Å². The van der Waals surface area contributed by atoms with Crippen LogP contribution in [-0.2, 0) is 23.9 Å². The predicted molar refractivity (Wildman–Crippen MR) is 125 cm³/mol. The summed E-state index contributed by atoms with van der Waals surface area (Å²) < 4.78 is 5.31. The van der Waals surface area contributed by atoms with Gasteiger partial charge in [-0.2, -0.15) is 0 Å². The average molecular weight is 455 g/mol. The van der Waals surface area contributed by atoms with E-state index in [2.05, 4.69) is 33.8 Å². The van der Waals surface area contributed by atoms with Gasteiger partial charge in [0.1, 0.15) is 5.78 Å². The Morgan fingerprint density at radius 2 is 1.85 bits per heavy atom. The van der Waals surface area contributed by atoms with Crippen molar-refractivity contribution in [3.05, 3.63) is 23.3 Å². The van der Waals surface area contributed by atoms with Crippen LogP contribution in [-0.4, -0.2) is 29.9 Å². The van der Waals surface area contributed by atoms with Gasteiger partial charge in [0.25, 0.3) is 0 Å². The lowest BCUT2D eigenvalue weighted by Gasteiger charge is -2.55. The Morgan fingerprint density at radius 3 is 2.55 bits per heavy atom. The van der Waals surface area contributed by atoms with E-state index in [1.165, 1.54) is 18.1 Å². The van der Waals surface area contributed by atoms with E-state index in [1.807, 2.05) is 6.08 Å². The predicted octanol–water partition coefficient (Wildman–Crippen LogP) is 5.17. The van der Waals surface area contributed by atoms with Crippen molar-refractivity contribution in [3.8, 4) is 0 Å². The van der Waals surface area contributed by atoms with Crippen LogP contribution in [0.3, 0.4) is 0 Å². The molecule has 0 bridgehead atoms. The number of hydrogen-bond acceptors (Lipinski definition) is 5. The summed E-state index contributed by atoms with van der Waals surface area (Å²) in [7, 11) is 0. The zero-order chi connectivity index (χ0) is 24.2. The molecule has 0 amide bonds. The van der Waals surface area contributed by atoms with Crippen molar-refractivity contribution >= 4 is 23.3 Å². The van der Waals surface area contributed by atoms with E-state index >= 15 is 0 Å². The lowest BCUT2D eigenvalue weighted by atomic mass is 9.48. The van der Waals surface area contributed by atoms with Gasteiger partial charge in [-0.25, -0.2) is 0 Å². The van der Waals surface area contributed by atoms with Gasteiger partial charge in [0, 0.05) is 23.7 Å². The molecule has 0 saturated heterocycles. The van der Waals surface area contributed by atoms with Crippen LogP contribution in [0.15, 0.2) is 23.3 Å². The smallest absolute Gasteiger partial charge is 0.306 e. The van der Waals surface area contributed by atoms with E-state index in [-0.39, 0.29) is 53.5 Å². The zero-order valence-corrected chi connectivity index (χ0v) is 20.8. The van der Waals surface area contributed by atoms with Gasteiger partial charge in [-0.1, -0.05) is 44.9 Å². The summed E-state index contributed by atoms with van der Waals surface area (Å²) in [5.74, 6) is 0.760. The molecule has 0 aromatic rings. The molecule has 180 valence electrons. The molecule has 33 heavy (non-hydrogen) atoms. The van der Waals surface area contributed by atoms with E-state index in [1.54, 1.807) is 0 Å². The molecule has 0 radical (unpaired) electrons. The summed E-state index contributed by atoms with van der Waals surface area (Å²) in [6.07, 6.45) is 9.82. The van der Waals surface area contributed by atoms with E-state index in [0.29, 0.717) is 18.3 Å². The summed E-state index contributed by atoms with van der Waals surface area (Å²) in [6.45, 7) is 10.1. The minimum atomic E-state index is -0.569. The van der Waals surface area contributed by atoms with Gasteiger partial charge in [0.2, 0.25) is 0 Å². The van der Waals surface area contributed by atoms with Crippen LogP contribution in [0, 0.1) is 34.0 Å². The van der Waals surface area contributed by atoms with Crippen molar-refractivity contribution in [2.45, 2.75) is 86.0 Å². The number of carbonyl (C=O) groups excluding carboxylic acids is 4. The zero-order valence-electron chi connectivity index (χ0n) is 20.8. The molecule has 6 atom stereocenters. The van der Waals surface area contributed by atoms with Gasteiger partial charge < -0.3 is 9.53 Å². The minimum Gasteiger partial charge on any atom is -0.458 e. The highest BCUT2D eigenvalue weighted by Crippen LogP contribution is 2.69. The molecular formula is C28H38O5. The van der Waals surface area contributed by atoms with Crippen molar-refractivity contribution in [3.63, 3.8) is 0 Å². The number of ketones is 3. The van der Waals surface area contributed by atoms with Crippen molar-refractivity contribution in [1.82, 2.24) is 0 Å². The van der Waals surface area contributed by atoms with Crippen LogP contribution in [0.4, 0.5) is 0 Å². The Hall–Kier alpha value is -2.04. The molecule has 4 aliphatic carbocycles. The Labute approximate surface area is 197 Å². The third-order valence-corrected chi connectivity index (χ3v) is 10.1. The van der Waals surface area contributed by atoms with E-state index < -0.39 is 11.4 Å². The van der Waals surface area contributed by atoms with Gasteiger partial charge in [0.05, 0.1) is 6.42 Å². The van der Waals surface area contributed by atoms with Crippen molar-refractivity contribution in [2.24, 2.45) is 34.0 Å². The normalized spacial score (nSPS) is 39.5. The largest absolute Gasteiger partial charge is 0.458 e. The molecule has 0 N–H and O–H groups in total. The number of Topliss-reactive ketones (excluding diaryl/α,β-unsaturated/α-hetero) is 2. The van der Waals surface area contributed by atoms with Crippen molar-refractivity contribution in [2.75, 3.05) is 6.61 Å². The molecular weight excluding hydrogens is 416 g/mol. The van der Waals surface area contributed by atoms with Gasteiger partial charge in [-0.15, -0.1) is 0 Å². The monoisotopic (exact) mass is 454 g/mol. The van der Waals surface area contributed by atoms with Crippen molar-refractivity contribution < 1.29 is 23.9 Å². The minimum absolute atomic E-state index is 0.00102. The number of ether oxygens (including phenoxy) is 1. The Kier molecular flexibility index (Phi) is 6.07.